The van der Waals surface area contributed by atoms with Crippen LogP contribution in [0.15, 0.2) is 18.2 Å². The van der Waals surface area contributed by atoms with Crippen molar-refractivity contribution in [1.29, 1.82) is 0 Å². The number of hydrogen-bond acceptors (Lipinski definition) is 2. The molecule has 118 valence electrons. The molecule has 0 spiro atoms. The van der Waals surface area contributed by atoms with Gasteiger partial charge in [0, 0.05) is 18.3 Å². The van der Waals surface area contributed by atoms with Crippen molar-refractivity contribution in [1.82, 2.24) is 5.32 Å². The van der Waals surface area contributed by atoms with Crippen LogP contribution >= 0.6 is 0 Å². The van der Waals surface area contributed by atoms with Gasteiger partial charge in [-0.15, -0.1) is 0 Å². The highest BCUT2D eigenvalue weighted by Crippen LogP contribution is 2.18. The number of aryl methyl sites for hydroxylation is 1. The third-order valence-corrected chi connectivity index (χ3v) is 3.58. The zero-order valence-electron chi connectivity index (χ0n) is 14.1. The van der Waals surface area contributed by atoms with E-state index in [9.17, 15) is 4.79 Å². The molecule has 0 aliphatic heterocycles. The lowest BCUT2D eigenvalue weighted by atomic mass is 10.0. The van der Waals surface area contributed by atoms with Crippen molar-refractivity contribution < 1.29 is 4.79 Å². The molecule has 3 heteroatoms. The molecule has 3 nitrogen and oxygen atoms in total. The standard InChI is InChI=1S/C18H30N2O/c1-6-19-17-11-10-14(4)12-16(17)18(21)20-15(5)9-7-8-13(2)3/h10-13,15,19H,6-9H2,1-5H3,(H,20,21). The molecule has 0 aliphatic rings. The Kier molecular flexibility index (Phi) is 7.27. The van der Waals surface area contributed by atoms with Crippen LogP contribution in [0, 0.1) is 12.8 Å². The quantitative estimate of drug-likeness (QED) is 0.746. The molecule has 0 bridgehead atoms. The summed E-state index contributed by atoms with van der Waals surface area (Å²) in [5.74, 6) is 0.747. The first-order chi connectivity index (χ1) is 9.93. The van der Waals surface area contributed by atoms with E-state index in [0.717, 1.165) is 42.1 Å². The normalized spacial score (nSPS) is 12.3. The second kappa shape index (κ2) is 8.71. The molecule has 1 aromatic rings. The number of carbonyl (C=O) groups excluding carboxylic acids is 1. The second-order valence-electron chi connectivity index (χ2n) is 6.28. The van der Waals surface area contributed by atoms with Gasteiger partial charge in [0.1, 0.15) is 0 Å². The summed E-state index contributed by atoms with van der Waals surface area (Å²) in [6.07, 6.45) is 3.41. The number of nitrogens with one attached hydrogen (secondary N) is 2. The molecular weight excluding hydrogens is 260 g/mol. The summed E-state index contributed by atoms with van der Waals surface area (Å²) in [7, 11) is 0. The molecule has 1 rings (SSSR count). The van der Waals surface area contributed by atoms with Gasteiger partial charge in [-0.3, -0.25) is 4.79 Å². The van der Waals surface area contributed by atoms with Crippen molar-refractivity contribution in [2.45, 2.75) is 59.9 Å². The van der Waals surface area contributed by atoms with Crippen LogP contribution in [0.3, 0.4) is 0 Å². The average molecular weight is 290 g/mol. The Hall–Kier alpha value is -1.51. The first kappa shape index (κ1) is 17.5. The summed E-state index contributed by atoms with van der Waals surface area (Å²) in [6, 6.07) is 6.18. The lowest BCUT2D eigenvalue weighted by molar-refractivity contribution is 0.0938. The first-order valence-electron chi connectivity index (χ1n) is 8.09. The van der Waals surface area contributed by atoms with Gasteiger partial charge in [-0.2, -0.15) is 0 Å². The van der Waals surface area contributed by atoms with E-state index in [-0.39, 0.29) is 11.9 Å². The van der Waals surface area contributed by atoms with Crippen molar-refractivity contribution in [3.63, 3.8) is 0 Å². The average Bonchev–Trinajstić information content (AvgIpc) is 2.40. The maximum atomic E-state index is 12.4. The topological polar surface area (TPSA) is 41.1 Å². The fourth-order valence-corrected chi connectivity index (χ4v) is 2.40. The SMILES string of the molecule is CCNc1ccc(C)cc1C(=O)NC(C)CCCC(C)C. The van der Waals surface area contributed by atoms with Crippen LogP contribution in [-0.4, -0.2) is 18.5 Å². The zero-order chi connectivity index (χ0) is 15.8. The zero-order valence-corrected chi connectivity index (χ0v) is 14.1. The van der Waals surface area contributed by atoms with Gasteiger partial charge in [0.15, 0.2) is 0 Å². The van der Waals surface area contributed by atoms with Crippen LogP contribution in [0.25, 0.3) is 0 Å². The van der Waals surface area contributed by atoms with E-state index in [4.69, 9.17) is 0 Å². The van der Waals surface area contributed by atoms with E-state index in [0.29, 0.717) is 0 Å². The minimum atomic E-state index is 0.0201. The van der Waals surface area contributed by atoms with Crippen LogP contribution in [0.4, 0.5) is 5.69 Å². The van der Waals surface area contributed by atoms with Gasteiger partial charge in [0.2, 0.25) is 0 Å². The van der Waals surface area contributed by atoms with Gasteiger partial charge in [-0.05, 0) is 45.2 Å². The van der Waals surface area contributed by atoms with Crippen LogP contribution in [0.1, 0.15) is 62.9 Å². The van der Waals surface area contributed by atoms with E-state index < -0.39 is 0 Å². The van der Waals surface area contributed by atoms with Crippen LogP contribution < -0.4 is 10.6 Å². The predicted octanol–water partition coefficient (Wildman–Crippen LogP) is 4.37. The van der Waals surface area contributed by atoms with Gasteiger partial charge in [-0.1, -0.05) is 38.3 Å². The third-order valence-electron chi connectivity index (χ3n) is 3.58. The maximum Gasteiger partial charge on any atom is 0.253 e. The molecule has 0 aliphatic carbocycles. The number of carbonyl (C=O) groups is 1. The predicted molar refractivity (Wildman–Crippen MR) is 91.0 cm³/mol. The summed E-state index contributed by atoms with van der Waals surface area (Å²) in [5.41, 5.74) is 2.76. The highest BCUT2D eigenvalue weighted by molar-refractivity contribution is 6.00. The van der Waals surface area contributed by atoms with Crippen LogP contribution in [0.2, 0.25) is 0 Å². The molecule has 0 saturated carbocycles. The molecule has 1 amide bonds. The Morgan fingerprint density at radius 1 is 1.19 bits per heavy atom. The maximum absolute atomic E-state index is 12.4. The van der Waals surface area contributed by atoms with Gasteiger partial charge < -0.3 is 10.6 Å². The summed E-state index contributed by atoms with van der Waals surface area (Å²) in [5, 5.41) is 6.37. The Morgan fingerprint density at radius 3 is 2.52 bits per heavy atom. The van der Waals surface area contributed by atoms with E-state index in [1.807, 2.05) is 32.0 Å². The molecule has 0 aromatic heterocycles. The van der Waals surface area contributed by atoms with Crippen molar-refractivity contribution in [3.05, 3.63) is 29.3 Å². The fraction of sp³-hybridized carbons (Fsp3) is 0.611. The molecular formula is C18H30N2O. The summed E-state index contributed by atoms with van der Waals surface area (Å²) >= 11 is 0. The van der Waals surface area contributed by atoms with Gasteiger partial charge in [0.05, 0.1) is 5.56 Å². The van der Waals surface area contributed by atoms with Crippen molar-refractivity contribution >= 4 is 11.6 Å². The fourth-order valence-electron chi connectivity index (χ4n) is 2.40. The molecule has 2 N–H and O–H groups in total. The Bertz CT molecular complexity index is 455. The number of anilines is 1. The highest BCUT2D eigenvalue weighted by Gasteiger charge is 2.14. The minimum absolute atomic E-state index is 0.0201. The number of rotatable bonds is 8. The second-order valence-corrected chi connectivity index (χ2v) is 6.28. The van der Waals surface area contributed by atoms with E-state index in [2.05, 4.69) is 31.4 Å². The minimum Gasteiger partial charge on any atom is -0.385 e. The van der Waals surface area contributed by atoms with Crippen molar-refractivity contribution in [3.8, 4) is 0 Å². The van der Waals surface area contributed by atoms with E-state index in [1.54, 1.807) is 0 Å². The van der Waals surface area contributed by atoms with Gasteiger partial charge in [0.25, 0.3) is 5.91 Å². The molecule has 0 radical (unpaired) electrons. The van der Waals surface area contributed by atoms with Crippen LogP contribution in [-0.2, 0) is 0 Å². The lowest BCUT2D eigenvalue weighted by Gasteiger charge is -2.17. The first-order valence-corrected chi connectivity index (χ1v) is 8.09. The van der Waals surface area contributed by atoms with Gasteiger partial charge in [-0.25, -0.2) is 0 Å². The summed E-state index contributed by atoms with van der Waals surface area (Å²) in [6.45, 7) is 11.4. The molecule has 0 heterocycles. The van der Waals surface area contributed by atoms with Crippen molar-refractivity contribution in [2.75, 3.05) is 11.9 Å². The van der Waals surface area contributed by atoms with E-state index in [1.165, 1.54) is 6.42 Å². The Balaban J connectivity index is 2.64. The largest absolute Gasteiger partial charge is 0.385 e. The molecule has 21 heavy (non-hydrogen) atoms. The Morgan fingerprint density at radius 2 is 1.90 bits per heavy atom. The molecule has 1 aromatic carbocycles. The lowest BCUT2D eigenvalue weighted by Crippen LogP contribution is -2.33. The highest BCUT2D eigenvalue weighted by atomic mass is 16.1. The molecule has 1 atom stereocenters. The van der Waals surface area contributed by atoms with E-state index >= 15 is 0 Å². The number of amides is 1. The van der Waals surface area contributed by atoms with Crippen LogP contribution in [0.5, 0.6) is 0 Å². The van der Waals surface area contributed by atoms with Crippen molar-refractivity contribution in [2.24, 2.45) is 5.92 Å². The smallest absolute Gasteiger partial charge is 0.253 e. The molecule has 0 fully saturated rings. The number of hydrogen-bond donors (Lipinski definition) is 2. The Labute approximate surface area is 129 Å². The summed E-state index contributed by atoms with van der Waals surface area (Å²) < 4.78 is 0. The number of benzene rings is 1. The summed E-state index contributed by atoms with van der Waals surface area (Å²) in [4.78, 5) is 12.4. The third kappa shape index (κ3) is 6.19. The van der Waals surface area contributed by atoms with Gasteiger partial charge >= 0.3 is 0 Å². The monoisotopic (exact) mass is 290 g/mol. The molecule has 1 unspecified atom stereocenters. The molecule has 0 saturated heterocycles.